The number of carbonyl (C=O) groups excluding carboxylic acids is 3. The van der Waals surface area contributed by atoms with E-state index in [0.717, 1.165) is 18.4 Å². The van der Waals surface area contributed by atoms with Gasteiger partial charge >= 0.3 is 5.97 Å². The molecule has 0 aliphatic heterocycles. The highest BCUT2D eigenvalue weighted by molar-refractivity contribution is 8.02. The van der Waals surface area contributed by atoms with Crippen LogP contribution in [-0.2, 0) is 25.6 Å². The predicted octanol–water partition coefficient (Wildman–Crippen LogP) is 3.80. The van der Waals surface area contributed by atoms with Gasteiger partial charge in [-0.05, 0) is 59.0 Å². The number of amides is 3. The van der Waals surface area contributed by atoms with Crippen molar-refractivity contribution in [3.63, 3.8) is 0 Å². The minimum Gasteiger partial charge on any atom is -0.481 e. The SMILES string of the molecule is [B]C(CC)(CC(C)C)SCC(=O)NCC(=O)N[C@H](CCC(=O)O)C(=O)Nc1ccc(Cc2cccs2)cc1. The molecular formula is C27H36BN3O5S2. The van der Waals surface area contributed by atoms with Crippen molar-refractivity contribution in [2.45, 2.75) is 63.6 Å². The first kappa shape index (κ1) is 31.4. The molecule has 0 saturated heterocycles. The van der Waals surface area contributed by atoms with E-state index < -0.39 is 28.5 Å². The van der Waals surface area contributed by atoms with Crippen molar-refractivity contribution in [1.29, 1.82) is 0 Å². The molecule has 0 aliphatic carbocycles. The third-order valence-corrected chi connectivity index (χ3v) is 8.08. The maximum Gasteiger partial charge on any atom is 0.303 e. The van der Waals surface area contributed by atoms with E-state index in [1.165, 1.54) is 16.6 Å². The van der Waals surface area contributed by atoms with E-state index in [-0.39, 0.29) is 31.0 Å². The first-order valence-corrected chi connectivity index (χ1v) is 14.5. The van der Waals surface area contributed by atoms with Gasteiger partial charge in [-0.1, -0.05) is 39.0 Å². The van der Waals surface area contributed by atoms with Crippen LogP contribution in [0.15, 0.2) is 41.8 Å². The molecule has 2 rings (SSSR count). The first-order chi connectivity index (χ1) is 18.0. The van der Waals surface area contributed by atoms with E-state index in [1.54, 1.807) is 23.5 Å². The fourth-order valence-corrected chi connectivity index (χ4v) is 5.68. The van der Waals surface area contributed by atoms with Gasteiger partial charge < -0.3 is 21.1 Å². The quantitative estimate of drug-likeness (QED) is 0.233. The molecule has 2 aromatic rings. The number of carboxylic acids is 1. The zero-order valence-electron chi connectivity index (χ0n) is 22.1. The normalized spacial score (nSPS) is 13.4. The van der Waals surface area contributed by atoms with Crippen molar-refractivity contribution < 1.29 is 24.3 Å². The van der Waals surface area contributed by atoms with E-state index in [4.69, 9.17) is 13.0 Å². The summed E-state index contributed by atoms with van der Waals surface area (Å²) in [5.41, 5.74) is 1.62. The van der Waals surface area contributed by atoms with Crippen LogP contribution >= 0.6 is 23.1 Å². The van der Waals surface area contributed by atoms with Crippen LogP contribution in [0.1, 0.15) is 56.9 Å². The fourth-order valence-electron chi connectivity index (χ4n) is 3.77. The number of carbonyl (C=O) groups is 4. The van der Waals surface area contributed by atoms with Gasteiger partial charge in [-0.2, -0.15) is 11.8 Å². The standard InChI is InChI=1S/C27H36BN3O5S2/c1-4-27(28,15-18(2)3)38-17-24(33)29-16-23(32)31-22(11-12-25(34)35)26(36)30-20-9-7-19(8-10-20)14-21-6-5-13-37-21/h5-10,13,18,22H,4,11-12,14-17H2,1-3H3,(H,29,33)(H,30,36)(H,31,32)(H,34,35)/t22-,27?/m1/s1. The average Bonchev–Trinajstić information content (AvgIpc) is 3.37. The Morgan fingerprint density at radius 2 is 1.82 bits per heavy atom. The van der Waals surface area contributed by atoms with Gasteiger partial charge in [-0.15, -0.1) is 11.3 Å². The molecule has 4 N–H and O–H groups in total. The molecule has 0 spiro atoms. The molecule has 2 radical (unpaired) electrons. The first-order valence-electron chi connectivity index (χ1n) is 12.6. The number of nitrogens with one attached hydrogen (secondary N) is 3. The summed E-state index contributed by atoms with van der Waals surface area (Å²) >= 11 is 3.02. The number of anilines is 1. The van der Waals surface area contributed by atoms with Crippen molar-refractivity contribution in [1.82, 2.24) is 10.6 Å². The second-order valence-corrected chi connectivity index (χ2v) is 12.0. The van der Waals surface area contributed by atoms with Crippen molar-refractivity contribution in [3.8, 4) is 0 Å². The van der Waals surface area contributed by atoms with E-state index >= 15 is 0 Å². The van der Waals surface area contributed by atoms with Crippen molar-refractivity contribution in [2.24, 2.45) is 5.92 Å². The smallest absolute Gasteiger partial charge is 0.303 e. The number of thioether (sulfide) groups is 1. The molecule has 0 saturated carbocycles. The Labute approximate surface area is 234 Å². The minimum absolute atomic E-state index is 0.0887. The highest BCUT2D eigenvalue weighted by atomic mass is 32.2. The Bertz CT molecular complexity index is 1060. The number of aliphatic carboxylic acids is 1. The highest BCUT2D eigenvalue weighted by Crippen LogP contribution is 2.32. The van der Waals surface area contributed by atoms with Crippen molar-refractivity contribution in [2.75, 3.05) is 17.6 Å². The Balaban J connectivity index is 1.88. The molecule has 38 heavy (non-hydrogen) atoms. The van der Waals surface area contributed by atoms with Crippen LogP contribution in [0.3, 0.4) is 0 Å². The van der Waals surface area contributed by atoms with Crippen LogP contribution in [0.5, 0.6) is 0 Å². The molecule has 1 aromatic heterocycles. The molecule has 8 nitrogen and oxygen atoms in total. The summed E-state index contributed by atoms with van der Waals surface area (Å²) in [6.45, 7) is 5.78. The van der Waals surface area contributed by atoms with E-state index in [9.17, 15) is 19.2 Å². The Kier molecular flexibility index (Phi) is 12.9. The Morgan fingerprint density at radius 1 is 1.11 bits per heavy atom. The molecule has 0 aliphatic rings. The Morgan fingerprint density at radius 3 is 2.39 bits per heavy atom. The van der Waals surface area contributed by atoms with Gasteiger partial charge in [0, 0.05) is 23.4 Å². The van der Waals surface area contributed by atoms with Crippen molar-refractivity contribution >= 4 is 60.3 Å². The number of carboxylic acid groups (broad SMARTS) is 1. The molecule has 0 bridgehead atoms. The number of benzene rings is 1. The van der Waals surface area contributed by atoms with Crippen LogP contribution in [-0.4, -0.2) is 59.6 Å². The van der Waals surface area contributed by atoms with Crippen molar-refractivity contribution in [3.05, 3.63) is 52.2 Å². The molecule has 2 atom stereocenters. The Hall–Kier alpha value is -2.79. The third kappa shape index (κ3) is 11.7. The largest absolute Gasteiger partial charge is 0.481 e. The zero-order valence-corrected chi connectivity index (χ0v) is 23.8. The topological polar surface area (TPSA) is 125 Å². The van der Waals surface area contributed by atoms with Gasteiger partial charge in [-0.3, -0.25) is 19.2 Å². The molecule has 0 fully saturated rings. The molecule has 1 unspecified atom stereocenters. The van der Waals surface area contributed by atoms with Crippen LogP contribution in [0.4, 0.5) is 5.69 Å². The number of rotatable bonds is 16. The lowest BCUT2D eigenvalue weighted by Crippen LogP contribution is -2.48. The number of hydrogen-bond donors (Lipinski definition) is 4. The summed E-state index contributed by atoms with van der Waals surface area (Å²) in [4.78, 5) is 49.9. The summed E-state index contributed by atoms with van der Waals surface area (Å²) < 4.78 is -0.518. The lowest BCUT2D eigenvalue weighted by atomic mass is 9.77. The summed E-state index contributed by atoms with van der Waals surface area (Å²) in [6, 6.07) is 10.3. The van der Waals surface area contributed by atoms with Gasteiger partial charge in [0.25, 0.3) is 0 Å². The van der Waals surface area contributed by atoms with E-state index in [1.807, 2.05) is 30.5 Å². The lowest BCUT2D eigenvalue weighted by Gasteiger charge is -2.30. The third-order valence-electron chi connectivity index (χ3n) is 5.77. The monoisotopic (exact) mass is 557 g/mol. The molecule has 1 aromatic carbocycles. The second-order valence-electron chi connectivity index (χ2n) is 9.58. The molecule has 1 heterocycles. The van der Waals surface area contributed by atoms with Gasteiger partial charge in [-0.25, -0.2) is 0 Å². The summed E-state index contributed by atoms with van der Waals surface area (Å²) in [7, 11) is 6.37. The zero-order chi connectivity index (χ0) is 28.1. The maximum absolute atomic E-state index is 12.9. The van der Waals surface area contributed by atoms with Crippen LogP contribution < -0.4 is 16.0 Å². The molecule has 204 valence electrons. The summed E-state index contributed by atoms with van der Waals surface area (Å²) in [6.07, 6.45) is 1.87. The molecular weight excluding hydrogens is 521 g/mol. The predicted molar refractivity (Wildman–Crippen MR) is 155 cm³/mol. The second kappa shape index (κ2) is 15.6. The highest BCUT2D eigenvalue weighted by Gasteiger charge is 2.25. The van der Waals surface area contributed by atoms with Gasteiger partial charge in [0.05, 0.1) is 20.1 Å². The van der Waals surface area contributed by atoms with E-state index in [0.29, 0.717) is 18.0 Å². The van der Waals surface area contributed by atoms with Crippen LogP contribution in [0, 0.1) is 5.92 Å². The summed E-state index contributed by atoms with van der Waals surface area (Å²) in [5, 5.41) is 18.9. The molecule has 11 heteroatoms. The lowest BCUT2D eigenvalue weighted by molar-refractivity contribution is -0.137. The average molecular weight is 558 g/mol. The number of hydrogen-bond acceptors (Lipinski definition) is 6. The van der Waals surface area contributed by atoms with Crippen LogP contribution in [0.2, 0.25) is 0 Å². The number of thiophene rings is 1. The van der Waals surface area contributed by atoms with Gasteiger partial charge in [0.15, 0.2) is 0 Å². The molecule has 3 amide bonds. The van der Waals surface area contributed by atoms with Gasteiger partial charge in [0.1, 0.15) is 6.04 Å². The van der Waals surface area contributed by atoms with Crippen LogP contribution in [0.25, 0.3) is 0 Å². The van der Waals surface area contributed by atoms with Gasteiger partial charge in [0.2, 0.25) is 17.7 Å². The fraction of sp³-hybridized carbons (Fsp3) is 0.481. The maximum atomic E-state index is 12.9. The minimum atomic E-state index is -1.08. The summed E-state index contributed by atoms with van der Waals surface area (Å²) in [5.74, 6) is -2.04. The van der Waals surface area contributed by atoms with E-state index in [2.05, 4.69) is 35.9 Å².